The Morgan fingerprint density at radius 1 is 1.37 bits per heavy atom. The van der Waals surface area contributed by atoms with Gasteiger partial charge in [-0.15, -0.1) is 0 Å². The quantitative estimate of drug-likeness (QED) is 0.830. The van der Waals surface area contributed by atoms with Crippen molar-refractivity contribution < 1.29 is 13.9 Å². The topological polar surface area (TPSA) is 35.5 Å². The van der Waals surface area contributed by atoms with Gasteiger partial charge in [-0.2, -0.15) is 0 Å². The summed E-state index contributed by atoms with van der Waals surface area (Å²) in [6, 6.07) is 3.22. The maximum atomic E-state index is 13.6. The molecule has 0 spiro atoms. The van der Waals surface area contributed by atoms with Gasteiger partial charge in [-0.05, 0) is 34.0 Å². The number of hydrogen-bond donors (Lipinski definition) is 2. The fourth-order valence-electron chi connectivity index (χ4n) is 2.07. The SMILES string of the molecule is CC(NCC(C)(O)CN(C)C)c1ccc(F)cc1F. The second-order valence-corrected chi connectivity index (χ2v) is 5.50. The molecule has 0 heterocycles. The molecule has 0 radical (unpaired) electrons. The van der Waals surface area contributed by atoms with Gasteiger partial charge in [0.15, 0.2) is 0 Å². The number of benzene rings is 1. The monoisotopic (exact) mass is 272 g/mol. The van der Waals surface area contributed by atoms with E-state index in [0.717, 1.165) is 6.07 Å². The van der Waals surface area contributed by atoms with E-state index in [-0.39, 0.29) is 6.04 Å². The minimum Gasteiger partial charge on any atom is -0.388 e. The smallest absolute Gasteiger partial charge is 0.130 e. The molecular formula is C14H22F2N2O. The molecule has 1 aromatic carbocycles. The highest BCUT2D eigenvalue weighted by molar-refractivity contribution is 5.21. The fourth-order valence-corrected chi connectivity index (χ4v) is 2.07. The van der Waals surface area contributed by atoms with Crippen LogP contribution in [-0.4, -0.2) is 42.8 Å². The van der Waals surface area contributed by atoms with Crippen molar-refractivity contribution in [2.45, 2.75) is 25.5 Å². The van der Waals surface area contributed by atoms with Crippen molar-refractivity contribution in [1.29, 1.82) is 0 Å². The summed E-state index contributed by atoms with van der Waals surface area (Å²) >= 11 is 0. The zero-order valence-corrected chi connectivity index (χ0v) is 11.9. The highest BCUT2D eigenvalue weighted by Gasteiger charge is 2.22. The Hall–Kier alpha value is -1.04. The number of nitrogens with one attached hydrogen (secondary N) is 1. The normalized spacial score (nSPS) is 16.4. The average molecular weight is 272 g/mol. The molecule has 19 heavy (non-hydrogen) atoms. The molecule has 0 saturated carbocycles. The van der Waals surface area contributed by atoms with E-state index in [9.17, 15) is 13.9 Å². The second-order valence-electron chi connectivity index (χ2n) is 5.50. The molecule has 0 aliphatic rings. The highest BCUT2D eigenvalue weighted by Crippen LogP contribution is 2.18. The van der Waals surface area contributed by atoms with Crippen molar-refractivity contribution in [2.24, 2.45) is 0 Å². The Bertz CT molecular complexity index is 422. The van der Waals surface area contributed by atoms with Crippen LogP contribution in [0, 0.1) is 11.6 Å². The van der Waals surface area contributed by atoms with Gasteiger partial charge in [0.05, 0.1) is 5.60 Å². The highest BCUT2D eigenvalue weighted by atomic mass is 19.1. The van der Waals surface area contributed by atoms with E-state index in [1.165, 1.54) is 12.1 Å². The van der Waals surface area contributed by atoms with Crippen molar-refractivity contribution >= 4 is 0 Å². The van der Waals surface area contributed by atoms with Crippen LogP contribution in [0.3, 0.4) is 0 Å². The molecular weight excluding hydrogens is 250 g/mol. The molecule has 0 bridgehead atoms. The lowest BCUT2D eigenvalue weighted by Crippen LogP contribution is -2.46. The van der Waals surface area contributed by atoms with Crippen LogP contribution in [-0.2, 0) is 0 Å². The van der Waals surface area contributed by atoms with E-state index < -0.39 is 17.2 Å². The zero-order valence-electron chi connectivity index (χ0n) is 11.9. The second kappa shape index (κ2) is 6.41. The number of nitrogens with zero attached hydrogens (tertiary/aromatic N) is 1. The Labute approximate surface area is 113 Å². The zero-order chi connectivity index (χ0) is 14.6. The van der Waals surface area contributed by atoms with E-state index >= 15 is 0 Å². The molecule has 0 saturated heterocycles. The summed E-state index contributed by atoms with van der Waals surface area (Å²) in [6.45, 7) is 4.32. The number of halogens is 2. The Kier molecular flexibility index (Phi) is 5.40. The molecule has 5 heteroatoms. The van der Waals surface area contributed by atoms with Gasteiger partial charge in [-0.1, -0.05) is 6.07 Å². The van der Waals surface area contributed by atoms with Crippen molar-refractivity contribution in [2.75, 3.05) is 27.2 Å². The van der Waals surface area contributed by atoms with E-state index in [0.29, 0.717) is 18.7 Å². The Balaban J connectivity index is 2.62. The summed E-state index contributed by atoms with van der Waals surface area (Å²) in [6.07, 6.45) is 0. The van der Waals surface area contributed by atoms with Gasteiger partial charge in [0.25, 0.3) is 0 Å². The van der Waals surface area contributed by atoms with E-state index in [2.05, 4.69) is 5.32 Å². The first kappa shape index (κ1) is 16.0. The van der Waals surface area contributed by atoms with E-state index in [4.69, 9.17) is 0 Å². The van der Waals surface area contributed by atoms with Gasteiger partial charge >= 0.3 is 0 Å². The van der Waals surface area contributed by atoms with Gasteiger partial charge in [0.2, 0.25) is 0 Å². The summed E-state index contributed by atoms with van der Waals surface area (Å²) < 4.78 is 26.4. The molecule has 1 rings (SSSR count). The van der Waals surface area contributed by atoms with E-state index in [1.807, 2.05) is 19.0 Å². The van der Waals surface area contributed by atoms with E-state index in [1.54, 1.807) is 13.8 Å². The molecule has 3 nitrogen and oxygen atoms in total. The van der Waals surface area contributed by atoms with Crippen LogP contribution < -0.4 is 5.32 Å². The van der Waals surface area contributed by atoms with Crippen LogP contribution in [0.15, 0.2) is 18.2 Å². The largest absolute Gasteiger partial charge is 0.388 e. The maximum absolute atomic E-state index is 13.6. The minimum atomic E-state index is -0.908. The van der Waals surface area contributed by atoms with Crippen LogP contribution in [0.2, 0.25) is 0 Å². The summed E-state index contributed by atoms with van der Waals surface area (Å²) in [5.74, 6) is -1.17. The minimum absolute atomic E-state index is 0.297. The van der Waals surface area contributed by atoms with Gasteiger partial charge in [-0.25, -0.2) is 8.78 Å². The predicted molar refractivity (Wildman–Crippen MR) is 72.0 cm³/mol. The van der Waals surface area contributed by atoms with Gasteiger partial charge < -0.3 is 15.3 Å². The predicted octanol–water partition coefficient (Wildman–Crippen LogP) is 1.93. The Morgan fingerprint density at radius 3 is 2.53 bits per heavy atom. The molecule has 1 aromatic rings. The van der Waals surface area contributed by atoms with Gasteiger partial charge in [-0.3, -0.25) is 0 Å². The van der Waals surface area contributed by atoms with Crippen molar-refractivity contribution in [3.05, 3.63) is 35.4 Å². The number of aliphatic hydroxyl groups is 1. The molecule has 0 amide bonds. The molecule has 2 unspecified atom stereocenters. The summed E-state index contributed by atoms with van der Waals surface area (Å²) in [4.78, 5) is 1.88. The van der Waals surface area contributed by atoms with Crippen LogP contribution in [0.25, 0.3) is 0 Å². The van der Waals surface area contributed by atoms with Crippen molar-refractivity contribution in [1.82, 2.24) is 10.2 Å². The van der Waals surface area contributed by atoms with Crippen molar-refractivity contribution in [3.63, 3.8) is 0 Å². The van der Waals surface area contributed by atoms with Gasteiger partial charge in [0.1, 0.15) is 11.6 Å². The van der Waals surface area contributed by atoms with Crippen LogP contribution in [0.1, 0.15) is 25.5 Å². The number of rotatable bonds is 6. The first-order valence-electron chi connectivity index (χ1n) is 6.27. The Morgan fingerprint density at radius 2 is 2.00 bits per heavy atom. The summed E-state index contributed by atoms with van der Waals surface area (Å²) in [7, 11) is 3.75. The lowest BCUT2D eigenvalue weighted by Gasteiger charge is -2.29. The third-order valence-electron chi connectivity index (χ3n) is 2.87. The lowest BCUT2D eigenvalue weighted by atomic mass is 10.0. The van der Waals surface area contributed by atoms with Crippen LogP contribution in [0.5, 0.6) is 0 Å². The van der Waals surface area contributed by atoms with Crippen molar-refractivity contribution in [3.8, 4) is 0 Å². The average Bonchev–Trinajstić information content (AvgIpc) is 2.24. The van der Waals surface area contributed by atoms with Gasteiger partial charge in [0, 0.05) is 30.8 Å². The molecule has 0 fully saturated rings. The molecule has 0 aliphatic heterocycles. The standard InChI is InChI=1S/C14H22F2N2O/c1-10(12-6-5-11(15)7-13(12)16)17-8-14(2,19)9-18(3)4/h5-7,10,17,19H,8-9H2,1-4H3. The maximum Gasteiger partial charge on any atom is 0.130 e. The first-order chi connectivity index (χ1) is 8.71. The van der Waals surface area contributed by atoms with Crippen LogP contribution in [0.4, 0.5) is 8.78 Å². The third kappa shape index (κ3) is 5.22. The molecule has 0 aromatic heterocycles. The molecule has 0 aliphatic carbocycles. The summed E-state index contributed by atoms with van der Waals surface area (Å²) in [5.41, 5.74) is -0.518. The lowest BCUT2D eigenvalue weighted by molar-refractivity contribution is 0.0316. The first-order valence-corrected chi connectivity index (χ1v) is 6.27. The fraction of sp³-hybridized carbons (Fsp3) is 0.571. The summed E-state index contributed by atoms with van der Waals surface area (Å²) in [5, 5.41) is 13.2. The molecule has 2 N–H and O–H groups in total. The number of hydrogen-bond acceptors (Lipinski definition) is 3. The van der Waals surface area contributed by atoms with Crippen LogP contribution >= 0.6 is 0 Å². The molecule has 2 atom stereocenters. The molecule has 108 valence electrons. The number of likely N-dealkylation sites (N-methyl/N-ethyl adjacent to an activating group) is 1. The third-order valence-corrected chi connectivity index (χ3v) is 2.87.